The molecule has 0 bridgehead atoms. The molecule has 0 spiro atoms. The van der Waals surface area contributed by atoms with Crippen LogP contribution in [-0.2, 0) is 11.0 Å². The largest absolute Gasteiger partial charge is 0.497 e. The number of hydrogen-bond acceptors (Lipinski definition) is 2. The van der Waals surface area contributed by atoms with Crippen LogP contribution in [0.3, 0.4) is 0 Å². The highest BCUT2D eigenvalue weighted by molar-refractivity contribution is 6.75. The minimum absolute atomic E-state index is 0.691. The number of rotatable bonds is 5. The van der Waals surface area contributed by atoms with E-state index in [1.807, 2.05) is 6.07 Å². The molecule has 116 valence electrons. The highest BCUT2D eigenvalue weighted by Gasteiger charge is 2.22. The van der Waals surface area contributed by atoms with Gasteiger partial charge >= 0.3 is 0 Å². The standard InChI is InChI=1S/C16H27NO2Si2/c1-18-14-8-9-16-15(10-14)13(12-19-21(5,6)7)11-17(16)20(2,3)4/h8-11H,12H2,1-7H3. The van der Waals surface area contributed by atoms with Crippen molar-refractivity contribution in [1.29, 1.82) is 0 Å². The van der Waals surface area contributed by atoms with Gasteiger partial charge < -0.3 is 13.4 Å². The zero-order valence-corrected chi connectivity index (χ0v) is 16.3. The van der Waals surface area contributed by atoms with E-state index in [-0.39, 0.29) is 0 Å². The van der Waals surface area contributed by atoms with Gasteiger partial charge in [-0.25, -0.2) is 0 Å². The number of fused-ring (bicyclic) bond motifs is 1. The van der Waals surface area contributed by atoms with E-state index in [0.29, 0.717) is 6.61 Å². The predicted molar refractivity (Wildman–Crippen MR) is 95.4 cm³/mol. The molecular weight excluding hydrogens is 294 g/mol. The number of hydrogen-bond donors (Lipinski definition) is 0. The van der Waals surface area contributed by atoms with Gasteiger partial charge in [0.1, 0.15) is 5.75 Å². The van der Waals surface area contributed by atoms with Crippen LogP contribution in [0, 0.1) is 0 Å². The lowest BCUT2D eigenvalue weighted by molar-refractivity contribution is 0.301. The molecule has 2 rings (SSSR count). The summed E-state index contributed by atoms with van der Waals surface area (Å²) in [5, 5.41) is 1.26. The first kappa shape index (κ1) is 16.3. The summed E-state index contributed by atoms with van der Waals surface area (Å²) in [7, 11) is -1.25. The van der Waals surface area contributed by atoms with Crippen molar-refractivity contribution >= 4 is 27.5 Å². The molecule has 0 N–H and O–H groups in total. The third kappa shape index (κ3) is 3.78. The van der Waals surface area contributed by atoms with E-state index in [0.717, 1.165) is 5.75 Å². The Bertz CT molecular complexity index is 636. The van der Waals surface area contributed by atoms with Gasteiger partial charge in [0.05, 0.1) is 13.7 Å². The van der Waals surface area contributed by atoms with Crippen LogP contribution in [0.15, 0.2) is 24.4 Å². The fourth-order valence-corrected chi connectivity index (χ4v) is 4.42. The summed E-state index contributed by atoms with van der Waals surface area (Å²) in [6.07, 6.45) is 2.29. The van der Waals surface area contributed by atoms with Crippen LogP contribution in [0.25, 0.3) is 10.9 Å². The van der Waals surface area contributed by atoms with Gasteiger partial charge in [-0.2, -0.15) is 0 Å². The summed E-state index contributed by atoms with van der Waals surface area (Å²) in [4.78, 5) is 0. The topological polar surface area (TPSA) is 23.4 Å². The normalized spacial score (nSPS) is 12.9. The zero-order chi connectivity index (χ0) is 15.8. The second-order valence-corrected chi connectivity index (χ2v) is 16.8. The fourth-order valence-electron chi connectivity index (χ4n) is 2.37. The second-order valence-electron chi connectivity index (χ2n) is 7.48. The average Bonchev–Trinajstić information content (AvgIpc) is 2.73. The maximum atomic E-state index is 6.12. The first-order valence-corrected chi connectivity index (χ1v) is 14.3. The Morgan fingerprint density at radius 3 is 2.24 bits per heavy atom. The molecule has 0 aliphatic carbocycles. The predicted octanol–water partition coefficient (Wildman–Crippen LogP) is 4.68. The molecule has 1 aromatic carbocycles. The van der Waals surface area contributed by atoms with Crippen molar-refractivity contribution in [1.82, 2.24) is 4.23 Å². The summed E-state index contributed by atoms with van der Waals surface area (Å²) in [5.74, 6) is 0.907. The Kier molecular flexibility index (Phi) is 4.37. The monoisotopic (exact) mass is 321 g/mol. The van der Waals surface area contributed by atoms with Gasteiger partial charge in [0, 0.05) is 22.7 Å². The van der Waals surface area contributed by atoms with Crippen LogP contribution in [0.5, 0.6) is 5.75 Å². The lowest BCUT2D eigenvalue weighted by Crippen LogP contribution is -2.31. The van der Waals surface area contributed by atoms with Crippen LogP contribution in [0.2, 0.25) is 39.3 Å². The quantitative estimate of drug-likeness (QED) is 0.746. The Labute approximate surface area is 130 Å². The van der Waals surface area contributed by atoms with Crippen molar-refractivity contribution in [3.05, 3.63) is 30.0 Å². The van der Waals surface area contributed by atoms with Gasteiger partial charge in [0.15, 0.2) is 16.6 Å². The van der Waals surface area contributed by atoms with Crippen LogP contribution in [0.1, 0.15) is 5.56 Å². The Balaban J connectivity index is 2.52. The molecule has 1 heterocycles. The molecule has 2 aromatic rings. The second kappa shape index (κ2) is 5.63. The lowest BCUT2D eigenvalue weighted by Gasteiger charge is -2.20. The van der Waals surface area contributed by atoms with Gasteiger partial charge in [-0.05, 0) is 37.8 Å². The van der Waals surface area contributed by atoms with Crippen LogP contribution in [-0.4, -0.2) is 27.9 Å². The van der Waals surface area contributed by atoms with Gasteiger partial charge in [0.25, 0.3) is 0 Å². The smallest absolute Gasteiger partial charge is 0.184 e. The highest BCUT2D eigenvalue weighted by atomic mass is 28.4. The van der Waals surface area contributed by atoms with Crippen molar-refractivity contribution in [3.63, 3.8) is 0 Å². The van der Waals surface area contributed by atoms with E-state index in [2.05, 4.69) is 61.8 Å². The third-order valence-electron chi connectivity index (χ3n) is 3.48. The van der Waals surface area contributed by atoms with E-state index in [4.69, 9.17) is 9.16 Å². The third-order valence-corrected chi connectivity index (χ3v) is 6.30. The van der Waals surface area contributed by atoms with E-state index in [1.165, 1.54) is 16.5 Å². The summed E-state index contributed by atoms with van der Waals surface area (Å²) in [5.41, 5.74) is 2.57. The SMILES string of the molecule is COc1ccc2c(c1)c(CO[Si](C)(C)C)cn2[Si](C)(C)C. The fraction of sp³-hybridized carbons (Fsp3) is 0.500. The molecule has 0 amide bonds. The molecule has 21 heavy (non-hydrogen) atoms. The van der Waals surface area contributed by atoms with Gasteiger partial charge in [-0.1, -0.05) is 19.6 Å². The van der Waals surface area contributed by atoms with Crippen molar-refractivity contribution in [2.75, 3.05) is 7.11 Å². The molecule has 0 saturated heterocycles. The van der Waals surface area contributed by atoms with Crippen LogP contribution < -0.4 is 4.74 Å². The Morgan fingerprint density at radius 2 is 1.71 bits per heavy atom. The van der Waals surface area contributed by atoms with Crippen LogP contribution in [0.4, 0.5) is 0 Å². The molecule has 0 aliphatic rings. The molecular formula is C16H27NO2Si2. The highest BCUT2D eigenvalue weighted by Crippen LogP contribution is 2.29. The maximum absolute atomic E-state index is 6.12. The van der Waals surface area contributed by atoms with Gasteiger partial charge in [-0.15, -0.1) is 0 Å². The van der Waals surface area contributed by atoms with Crippen molar-refractivity contribution < 1.29 is 9.16 Å². The van der Waals surface area contributed by atoms with Gasteiger partial charge in [-0.3, -0.25) is 0 Å². The van der Waals surface area contributed by atoms with E-state index in [1.54, 1.807) is 7.11 Å². The minimum atomic E-state index is -1.52. The summed E-state index contributed by atoms with van der Waals surface area (Å²) in [6, 6.07) is 6.35. The number of ether oxygens (including phenoxy) is 1. The maximum Gasteiger partial charge on any atom is 0.184 e. The Hall–Kier alpha value is -1.05. The molecule has 3 nitrogen and oxygen atoms in total. The van der Waals surface area contributed by atoms with Crippen molar-refractivity contribution in [3.8, 4) is 5.75 Å². The summed E-state index contributed by atoms with van der Waals surface area (Å²) >= 11 is 0. The first-order chi connectivity index (χ1) is 9.62. The molecule has 5 heteroatoms. The molecule has 0 radical (unpaired) electrons. The first-order valence-electron chi connectivity index (χ1n) is 7.44. The van der Waals surface area contributed by atoms with Crippen LogP contribution >= 0.6 is 0 Å². The van der Waals surface area contributed by atoms with Crippen molar-refractivity contribution in [2.24, 2.45) is 0 Å². The van der Waals surface area contributed by atoms with Crippen molar-refractivity contribution in [2.45, 2.75) is 45.9 Å². The average molecular weight is 322 g/mol. The molecule has 0 aliphatic heterocycles. The number of aromatic nitrogens is 1. The van der Waals surface area contributed by atoms with Gasteiger partial charge in [0.2, 0.25) is 0 Å². The summed E-state index contributed by atoms with van der Waals surface area (Å²) < 4.78 is 14.0. The number of benzene rings is 1. The molecule has 0 saturated carbocycles. The number of methoxy groups -OCH3 is 1. The number of nitrogens with zero attached hydrogens (tertiary/aromatic N) is 1. The lowest BCUT2D eigenvalue weighted by atomic mass is 10.2. The summed E-state index contributed by atoms with van der Waals surface area (Å²) in [6.45, 7) is 14.5. The molecule has 1 aromatic heterocycles. The zero-order valence-electron chi connectivity index (χ0n) is 14.3. The molecule has 0 unspecified atom stereocenters. The van der Waals surface area contributed by atoms with E-state index in [9.17, 15) is 0 Å². The molecule has 0 atom stereocenters. The van der Waals surface area contributed by atoms with E-state index < -0.39 is 16.6 Å². The molecule has 0 fully saturated rings. The minimum Gasteiger partial charge on any atom is -0.497 e. The Morgan fingerprint density at radius 1 is 1.05 bits per heavy atom. The van der Waals surface area contributed by atoms with E-state index >= 15 is 0 Å².